The first-order valence-electron chi connectivity index (χ1n) is 5.74. The summed E-state index contributed by atoms with van der Waals surface area (Å²) in [5.74, 6) is -0.573. The van der Waals surface area contributed by atoms with E-state index in [1.54, 1.807) is 29.0 Å². The van der Waals surface area contributed by atoms with Crippen LogP contribution >= 0.6 is 0 Å². The van der Waals surface area contributed by atoms with Gasteiger partial charge in [0.05, 0.1) is 19.2 Å². The number of rotatable bonds is 4. The molecule has 1 aromatic carbocycles. The largest absolute Gasteiger partial charge is 0.465 e. The van der Waals surface area contributed by atoms with Crippen molar-refractivity contribution in [1.82, 2.24) is 4.57 Å². The molecule has 0 aliphatic carbocycles. The Morgan fingerprint density at radius 2 is 2.11 bits per heavy atom. The predicted octanol–water partition coefficient (Wildman–Crippen LogP) is 1.83. The Labute approximate surface area is 109 Å². The molecule has 0 aliphatic rings. The Hall–Kier alpha value is -2.43. The lowest BCUT2D eigenvalue weighted by Crippen LogP contribution is -2.01. The average Bonchev–Trinajstić information content (AvgIpc) is 2.76. The van der Waals surface area contributed by atoms with E-state index in [-0.39, 0.29) is 12.3 Å². The fraction of sp³-hybridized carbons (Fsp3) is 0.214. The fourth-order valence-corrected chi connectivity index (χ4v) is 2.05. The van der Waals surface area contributed by atoms with Crippen LogP contribution in [0, 0.1) is 0 Å². The molecule has 2 aromatic rings. The van der Waals surface area contributed by atoms with Crippen LogP contribution in [0.15, 0.2) is 24.4 Å². The Balaban J connectivity index is 2.68. The van der Waals surface area contributed by atoms with Gasteiger partial charge in [-0.2, -0.15) is 0 Å². The number of aldehydes is 1. The summed E-state index contributed by atoms with van der Waals surface area (Å²) in [6.07, 6.45) is 2.39. The van der Waals surface area contributed by atoms with Gasteiger partial charge in [0.1, 0.15) is 6.29 Å². The molecule has 0 amide bonds. The van der Waals surface area contributed by atoms with E-state index in [9.17, 15) is 14.4 Å². The number of methoxy groups -OCH3 is 1. The number of Topliss-reactive ketones (excluding diaryl/α,β-unsaturated/α-hetero) is 1. The van der Waals surface area contributed by atoms with Crippen LogP contribution in [0.1, 0.15) is 27.6 Å². The van der Waals surface area contributed by atoms with Crippen molar-refractivity contribution in [3.8, 4) is 0 Å². The molecule has 0 aliphatic heterocycles. The first-order valence-corrected chi connectivity index (χ1v) is 5.74. The number of benzene rings is 1. The molecule has 2 rings (SSSR count). The second-order valence-corrected chi connectivity index (χ2v) is 4.14. The van der Waals surface area contributed by atoms with Crippen LogP contribution < -0.4 is 0 Å². The van der Waals surface area contributed by atoms with Crippen LogP contribution in [0.3, 0.4) is 0 Å². The summed E-state index contributed by atoms with van der Waals surface area (Å²) in [5, 5.41) is 0.650. The minimum Gasteiger partial charge on any atom is -0.465 e. The number of hydrogen-bond acceptors (Lipinski definition) is 4. The molecular weight excluding hydrogens is 246 g/mol. The zero-order valence-corrected chi connectivity index (χ0v) is 10.7. The van der Waals surface area contributed by atoms with Crippen molar-refractivity contribution >= 4 is 28.9 Å². The molecule has 0 saturated carbocycles. The van der Waals surface area contributed by atoms with Gasteiger partial charge in [-0.3, -0.25) is 4.79 Å². The quantitative estimate of drug-likeness (QED) is 0.477. The summed E-state index contributed by atoms with van der Waals surface area (Å²) in [7, 11) is 1.30. The highest BCUT2D eigenvalue weighted by Gasteiger charge is 2.14. The number of esters is 1. The number of carbonyl (C=O) groups excluding carboxylic acids is 3. The standard InChI is InChI=1S/C14H13NO4/c1-9(17)12-8-15(5-6-16)13-4-3-10(7-11(12)13)14(18)19-2/h3-4,6-8H,5H2,1-2H3. The molecule has 1 heterocycles. The Bertz CT molecular complexity index is 669. The topological polar surface area (TPSA) is 65.4 Å². The number of nitrogens with zero attached hydrogens (tertiary/aromatic N) is 1. The van der Waals surface area contributed by atoms with Crippen LogP contribution in [-0.2, 0) is 16.1 Å². The molecule has 5 heteroatoms. The third kappa shape index (κ3) is 2.27. The Morgan fingerprint density at radius 1 is 1.37 bits per heavy atom. The molecule has 1 aromatic heterocycles. The van der Waals surface area contributed by atoms with Gasteiger partial charge in [0.15, 0.2) is 5.78 Å². The number of carbonyl (C=O) groups is 3. The average molecular weight is 259 g/mol. The molecule has 0 radical (unpaired) electrons. The molecule has 0 saturated heterocycles. The van der Waals surface area contributed by atoms with Gasteiger partial charge < -0.3 is 14.1 Å². The highest BCUT2D eigenvalue weighted by molar-refractivity contribution is 6.08. The monoisotopic (exact) mass is 259 g/mol. The summed E-state index contributed by atoms with van der Waals surface area (Å²) in [5.41, 5.74) is 1.61. The zero-order chi connectivity index (χ0) is 14.0. The molecule has 0 N–H and O–H groups in total. The maximum atomic E-state index is 11.6. The van der Waals surface area contributed by atoms with Crippen LogP contribution in [0.2, 0.25) is 0 Å². The molecular formula is C14H13NO4. The number of aromatic nitrogens is 1. The molecule has 0 spiro atoms. The van der Waals surface area contributed by atoms with Crippen molar-refractivity contribution in [2.75, 3.05) is 7.11 Å². The third-order valence-corrected chi connectivity index (χ3v) is 2.95. The highest BCUT2D eigenvalue weighted by atomic mass is 16.5. The minimum absolute atomic E-state index is 0.114. The minimum atomic E-state index is -0.459. The van der Waals surface area contributed by atoms with Gasteiger partial charge in [0, 0.05) is 22.7 Å². The summed E-state index contributed by atoms with van der Waals surface area (Å²) in [6.45, 7) is 1.62. The summed E-state index contributed by atoms with van der Waals surface area (Å²) in [4.78, 5) is 33.7. The van der Waals surface area contributed by atoms with E-state index >= 15 is 0 Å². The number of fused-ring (bicyclic) bond motifs is 1. The summed E-state index contributed by atoms with van der Waals surface area (Å²) >= 11 is 0. The van der Waals surface area contributed by atoms with Gasteiger partial charge in [0.2, 0.25) is 0 Å². The van der Waals surface area contributed by atoms with Crippen LogP contribution in [0.25, 0.3) is 10.9 Å². The number of ketones is 1. The lowest BCUT2D eigenvalue weighted by atomic mass is 10.1. The predicted molar refractivity (Wildman–Crippen MR) is 69.3 cm³/mol. The first-order chi connectivity index (χ1) is 9.08. The Kier molecular flexibility index (Phi) is 3.46. The lowest BCUT2D eigenvalue weighted by molar-refractivity contribution is -0.108. The van der Waals surface area contributed by atoms with Crippen molar-refractivity contribution in [1.29, 1.82) is 0 Å². The normalized spacial score (nSPS) is 10.4. The fourth-order valence-electron chi connectivity index (χ4n) is 2.05. The van der Waals surface area contributed by atoms with Gasteiger partial charge in [-0.15, -0.1) is 0 Å². The molecule has 0 atom stereocenters. The summed E-state index contributed by atoms with van der Waals surface area (Å²) in [6, 6.07) is 4.93. The zero-order valence-electron chi connectivity index (χ0n) is 10.7. The van der Waals surface area contributed by atoms with E-state index in [0.29, 0.717) is 16.5 Å². The maximum absolute atomic E-state index is 11.6. The highest BCUT2D eigenvalue weighted by Crippen LogP contribution is 2.23. The first kappa shape index (κ1) is 13.0. The van der Waals surface area contributed by atoms with Gasteiger partial charge in [-0.05, 0) is 25.1 Å². The van der Waals surface area contributed by atoms with E-state index < -0.39 is 5.97 Å². The van der Waals surface area contributed by atoms with Gasteiger partial charge in [0.25, 0.3) is 0 Å². The van der Waals surface area contributed by atoms with E-state index in [0.717, 1.165) is 11.8 Å². The van der Waals surface area contributed by atoms with Crippen LogP contribution in [0.5, 0.6) is 0 Å². The molecule has 19 heavy (non-hydrogen) atoms. The second kappa shape index (κ2) is 5.06. The van der Waals surface area contributed by atoms with E-state index in [2.05, 4.69) is 4.74 Å². The van der Waals surface area contributed by atoms with Gasteiger partial charge >= 0.3 is 5.97 Å². The molecule has 0 bridgehead atoms. The van der Waals surface area contributed by atoms with Crippen molar-refractivity contribution in [3.05, 3.63) is 35.5 Å². The van der Waals surface area contributed by atoms with Crippen molar-refractivity contribution in [3.63, 3.8) is 0 Å². The van der Waals surface area contributed by atoms with Crippen LogP contribution in [0.4, 0.5) is 0 Å². The molecule has 5 nitrogen and oxygen atoms in total. The second-order valence-electron chi connectivity index (χ2n) is 4.14. The third-order valence-electron chi connectivity index (χ3n) is 2.95. The van der Waals surface area contributed by atoms with Crippen molar-refractivity contribution < 1.29 is 19.1 Å². The van der Waals surface area contributed by atoms with E-state index in [1.165, 1.54) is 14.0 Å². The number of ether oxygens (including phenoxy) is 1. The molecule has 98 valence electrons. The molecule has 0 unspecified atom stereocenters. The maximum Gasteiger partial charge on any atom is 0.337 e. The van der Waals surface area contributed by atoms with Crippen LogP contribution in [-0.4, -0.2) is 29.7 Å². The Morgan fingerprint density at radius 3 is 2.68 bits per heavy atom. The van der Waals surface area contributed by atoms with E-state index in [4.69, 9.17) is 0 Å². The van der Waals surface area contributed by atoms with E-state index in [1.807, 2.05) is 0 Å². The van der Waals surface area contributed by atoms with Crippen molar-refractivity contribution in [2.24, 2.45) is 0 Å². The lowest BCUT2D eigenvalue weighted by Gasteiger charge is -2.02. The summed E-state index contributed by atoms with van der Waals surface area (Å²) < 4.78 is 6.33. The molecule has 0 fully saturated rings. The smallest absolute Gasteiger partial charge is 0.337 e. The van der Waals surface area contributed by atoms with Crippen molar-refractivity contribution in [2.45, 2.75) is 13.5 Å². The van der Waals surface area contributed by atoms with Gasteiger partial charge in [-0.1, -0.05) is 0 Å². The number of hydrogen-bond donors (Lipinski definition) is 0. The van der Waals surface area contributed by atoms with Gasteiger partial charge in [-0.25, -0.2) is 4.79 Å². The SMILES string of the molecule is COC(=O)c1ccc2c(c1)c(C(C)=O)cn2CC=O.